The third kappa shape index (κ3) is 2.36. The molecule has 0 saturated heterocycles. The maximum absolute atomic E-state index is 5.77. The van der Waals surface area contributed by atoms with Gasteiger partial charge in [0.15, 0.2) is 5.82 Å². The van der Waals surface area contributed by atoms with E-state index in [9.17, 15) is 0 Å². The monoisotopic (exact) mass is 270 g/mol. The fourth-order valence-electron chi connectivity index (χ4n) is 2.50. The van der Waals surface area contributed by atoms with Crippen molar-refractivity contribution in [3.05, 3.63) is 35.7 Å². The summed E-state index contributed by atoms with van der Waals surface area (Å²) in [5.41, 5.74) is 8.39. The number of rotatable bonds is 3. The Balaban J connectivity index is 1.99. The SMILES string of the molecule is CC(C)(C)c1ccc(-c2nnc(CN)n2C2CC2)cc1. The molecule has 1 saturated carbocycles. The molecule has 20 heavy (non-hydrogen) atoms. The van der Waals surface area contributed by atoms with Gasteiger partial charge in [-0.2, -0.15) is 0 Å². The van der Waals surface area contributed by atoms with E-state index in [2.05, 4.69) is 59.8 Å². The normalized spacial score (nSPS) is 15.6. The first-order chi connectivity index (χ1) is 9.50. The number of hydrogen-bond donors (Lipinski definition) is 1. The molecule has 1 aliphatic rings. The molecule has 0 bridgehead atoms. The molecule has 106 valence electrons. The Bertz CT molecular complexity index is 600. The molecule has 2 aromatic rings. The van der Waals surface area contributed by atoms with Crippen molar-refractivity contribution in [2.45, 2.75) is 51.6 Å². The molecule has 0 aliphatic heterocycles. The minimum Gasteiger partial charge on any atom is -0.324 e. The quantitative estimate of drug-likeness (QED) is 0.932. The summed E-state index contributed by atoms with van der Waals surface area (Å²) in [7, 11) is 0. The van der Waals surface area contributed by atoms with Crippen molar-refractivity contribution >= 4 is 0 Å². The third-order valence-corrected chi connectivity index (χ3v) is 3.87. The second kappa shape index (κ2) is 4.70. The zero-order chi connectivity index (χ0) is 14.3. The molecule has 0 spiro atoms. The van der Waals surface area contributed by atoms with Crippen LogP contribution in [0, 0.1) is 0 Å². The predicted octanol–water partition coefficient (Wildman–Crippen LogP) is 3.04. The van der Waals surface area contributed by atoms with Gasteiger partial charge in [0.1, 0.15) is 5.82 Å². The Kier molecular flexibility index (Phi) is 3.13. The van der Waals surface area contributed by atoms with Crippen LogP contribution in [-0.4, -0.2) is 14.8 Å². The second-order valence-corrected chi connectivity index (χ2v) is 6.57. The molecular weight excluding hydrogens is 248 g/mol. The van der Waals surface area contributed by atoms with Gasteiger partial charge in [-0.3, -0.25) is 0 Å². The van der Waals surface area contributed by atoms with Gasteiger partial charge in [-0.1, -0.05) is 45.0 Å². The number of nitrogens with zero attached hydrogens (tertiary/aromatic N) is 3. The van der Waals surface area contributed by atoms with Crippen LogP contribution in [0.1, 0.15) is 51.0 Å². The average molecular weight is 270 g/mol. The largest absolute Gasteiger partial charge is 0.324 e. The second-order valence-electron chi connectivity index (χ2n) is 6.57. The summed E-state index contributed by atoms with van der Waals surface area (Å²) in [5, 5.41) is 8.57. The number of aromatic nitrogens is 3. The summed E-state index contributed by atoms with van der Waals surface area (Å²) in [5.74, 6) is 1.84. The van der Waals surface area contributed by atoms with E-state index in [-0.39, 0.29) is 5.41 Å². The van der Waals surface area contributed by atoms with Gasteiger partial charge in [-0.15, -0.1) is 10.2 Å². The van der Waals surface area contributed by atoms with E-state index >= 15 is 0 Å². The molecule has 0 atom stereocenters. The van der Waals surface area contributed by atoms with Crippen LogP contribution in [0.2, 0.25) is 0 Å². The Hall–Kier alpha value is -1.68. The van der Waals surface area contributed by atoms with Crippen LogP contribution in [-0.2, 0) is 12.0 Å². The van der Waals surface area contributed by atoms with Gasteiger partial charge >= 0.3 is 0 Å². The first-order valence-corrected chi connectivity index (χ1v) is 7.25. The molecule has 0 radical (unpaired) electrons. The Labute approximate surface area is 120 Å². The van der Waals surface area contributed by atoms with Gasteiger partial charge in [-0.05, 0) is 23.8 Å². The van der Waals surface area contributed by atoms with E-state index in [1.165, 1.54) is 18.4 Å². The molecule has 1 aromatic carbocycles. The molecule has 4 nitrogen and oxygen atoms in total. The lowest BCUT2D eigenvalue weighted by atomic mass is 9.87. The molecule has 1 aromatic heterocycles. The molecule has 2 N–H and O–H groups in total. The van der Waals surface area contributed by atoms with Crippen LogP contribution in [0.5, 0.6) is 0 Å². The summed E-state index contributed by atoms with van der Waals surface area (Å²) < 4.78 is 2.21. The van der Waals surface area contributed by atoms with Gasteiger partial charge in [-0.25, -0.2) is 0 Å². The maximum Gasteiger partial charge on any atom is 0.164 e. The maximum atomic E-state index is 5.77. The molecule has 1 heterocycles. The lowest BCUT2D eigenvalue weighted by molar-refractivity contribution is 0.590. The van der Waals surface area contributed by atoms with Gasteiger partial charge in [0, 0.05) is 11.6 Å². The van der Waals surface area contributed by atoms with Crippen molar-refractivity contribution < 1.29 is 0 Å². The lowest BCUT2D eigenvalue weighted by Gasteiger charge is -2.19. The number of hydrogen-bond acceptors (Lipinski definition) is 3. The highest BCUT2D eigenvalue weighted by molar-refractivity contribution is 5.56. The van der Waals surface area contributed by atoms with E-state index in [1.807, 2.05) is 0 Å². The van der Waals surface area contributed by atoms with Crippen LogP contribution in [0.3, 0.4) is 0 Å². The Morgan fingerprint density at radius 3 is 2.30 bits per heavy atom. The predicted molar refractivity (Wildman–Crippen MR) is 80.3 cm³/mol. The van der Waals surface area contributed by atoms with E-state index in [1.54, 1.807) is 0 Å². The zero-order valence-corrected chi connectivity index (χ0v) is 12.4. The van der Waals surface area contributed by atoms with Gasteiger partial charge in [0.25, 0.3) is 0 Å². The summed E-state index contributed by atoms with van der Waals surface area (Å²) in [6.45, 7) is 7.12. The van der Waals surface area contributed by atoms with Crippen LogP contribution in [0.4, 0.5) is 0 Å². The van der Waals surface area contributed by atoms with Crippen LogP contribution in [0.25, 0.3) is 11.4 Å². The van der Waals surface area contributed by atoms with Crippen molar-refractivity contribution in [3.63, 3.8) is 0 Å². The molecular formula is C16H22N4. The summed E-state index contributed by atoms with van der Waals surface area (Å²) in [4.78, 5) is 0. The smallest absolute Gasteiger partial charge is 0.164 e. The molecule has 3 rings (SSSR count). The number of nitrogens with two attached hydrogens (primary N) is 1. The first kappa shape index (κ1) is 13.3. The van der Waals surface area contributed by atoms with Crippen molar-refractivity contribution in [2.75, 3.05) is 0 Å². The van der Waals surface area contributed by atoms with E-state index in [0.717, 1.165) is 17.2 Å². The highest BCUT2D eigenvalue weighted by Crippen LogP contribution is 2.39. The van der Waals surface area contributed by atoms with Gasteiger partial charge in [0.2, 0.25) is 0 Å². The molecule has 1 fully saturated rings. The Morgan fingerprint density at radius 1 is 1.15 bits per heavy atom. The fraction of sp³-hybridized carbons (Fsp3) is 0.500. The third-order valence-electron chi connectivity index (χ3n) is 3.87. The minimum absolute atomic E-state index is 0.172. The van der Waals surface area contributed by atoms with Crippen LogP contribution in [0.15, 0.2) is 24.3 Å². The molecule has 4 heteroatoms. The summed E-state index contributed by atoms with van der Waals surface area (Å²) in [6.07, 6.45) is 2.41. The molecule has 1 aliphatic carbocycles. The van der Waals surface area contributed by atoms with Crippen molar-refractivity contribution in [2.24, 2.45) is 5.73 Å². The number of benzene rings is 1. The minimum atomic E-state index is 0.172. The van der Waals surface area contributed by atoms with Crippen LogP contribution < -0.4 is 5.73 Å². The van der Waals surface area contributed by atoms with E-state index < -0.39 is 0 Å². The summed E-state index contributed by atoms with van der Waals surface area (Å²) >= 11 is 0. The molecule has 0 amide bonds. The van der Waals surface area contributed by atoms with Gasteiger partial charge < -0.3 is 10.3 Å². The van der Waals surface area contributed by atoms with Crippen molar-refractivity contribution in [1.29, 1.82) is 0 Å². The summed E-state index contributed by atoms with van der Waals surface area (Å²) in [6, 6.07) is 9.20. The van der Waals surface area contributed by atoms with E-state index in [0.29, 0.717) is 12.6 Å². The van der Waals surface area contributed by atoms with Gasteiger partial charge in [0.05, 0.1) is 6.54 Å². The molecule has 0 unspecified atom stereocenters. The highest BCUT2D eigenvalue weighted by Gasteiger charge is 2.29. The van der Waals surface area contributed by atoms with E-state index in [4.69, 9.17) is 5.73 Å². The fourth-order valence-corrected chi connectivity index (χ4v) is 2.50. The highest BCUT2D eigenvalue weighted by atomic mass is 15.3. The standard InChI is InChI=1S/C16H22N4/c1-16(2,3)12-6-4-11(5-7-12)15-19-18-14(10-17)20(15)13-8-9-13/h4-7,13H,8-10,17H2,1-3H3. The van der Waals surface area contributed by atoms with Crippen LogP contribution >= 0.6 is 0 Å². The average Bonchev–Trinajstić information content (AvgIpc) is 3.17. The zero-order valence-electron chi connectivity index (χ0n) is 12.4. The topological polar surface area (TPSA) is 56.7 Å². The lowest BCUT2D eigenvalue weighted by Crippen LogP contribution is -2.11. The first-order valence-electron chi connectivity index (χ1n) is 7.25. The van der Waals surface area contributed by atoms with Crippen molar-refractivity contribution in [1.82, 2.24) is 14.8 Å². The van der Waals surface area contributed by atoms with Crippen molar-refractivity contribution in [3.8, 4) is 11.4 Å². The Morgan fingerprint density at radius 2 is 1.80 bits per heavy atom.